The van der Waals surface area contributed by atoms with Crippen molar-refractivity contribution in [2.75, 3.05) is 0 Å². The van der Waals surface area contributed by atoms with Crippen molar-refractivity contribution in [2.45, 2.75) is 38.8 Å². The van der Waals surface area contributed by atoms with Crippen LogP contribution in [0.15, 0.2) is 54.6 Å². The fourth-order valence-corrected chi connectivity index (χ4v) is 5.03. The summed E-state index contributed by atoms with van der Waals surface area (Å²) in [5.74, 6) is -1.79. The molecule has 2 bridgehead atoms. The quantitative estimate of drug-likeness (QED) is 0.743. The Kier molecular flexibility index (Phi) is 5.13. The van der Waals surface area contributed by atoms with Gasteiger partial charge in [0.2, 0.25) is 17.1 Å². The summed E-state index contributed by atoms with van der Waals surface area (Å²) in [5.41, 5.74) is -2.20. The van der Waals surface area contributed by atoms with Crippen LogP contribution in [0.3, 0.4) is 0 Å². The van der Waals surface area contributed by atoms with E-state index in [4.69, 9.17) is 19.6 Å². The lowest BCUT2D eigenvalue weighted by molar-refractivity contribution is -0.273. The molecule has 0 amide bonds. The van der Waals surface area contributed by atoms with Gasteiger partial charge in [-0.1, -0.05) is 49.4 Å². The first kappa shape index (κ1) is 21.4. The van der Waals surface area contributed by atoms with Crippen LogP contribution >= 0.6 is 0 Å². The highest BCUT2D eigenvalue weighted by molar-refractivity contribution is 5.89. The van der Waals surface area contributed by atoms with Gasteiger partial charge in [0.05, 0.1) is 24.1 Å². The Bertz CT molecular complexity index is 1160. The summed E-state index contributed by atoms with van der Waals surface area (Å²) in [5, 5.41) is 39.2. The first-order valence-electron chi connectivity index (χ1n) is 10.4. The number of ether oxygens (including phenoxy) is 3. The van der Waals surface area contributed by atoms with Crippen LogP contribution < -0.4 is 4.74 Å². The van der Waals surface area contributed by atoms with E-state index in [1.165, 1.54) is 0 Å². The zero-order valence-corrected chi connectivity index (χ0v) is 17.8. The number of benzene rings is 2. The molecule has 2 aliphatic rings. The third kappa shape index (κ3) is 2.78. The number of hydrogen-bond donors (Lipinski definition) is 1. The Morgan fingerprint density at radius 1 is 1.03 bits per heavy atom. The summed E-state index contributed by atoms with van der Waals surface area (Å²) in [6.07, 6.45) is -0.696. The minimum Gasteiger partial charge on any atom is -0.489 e. The monoisotopic (exact) mass is 426 g/mol. The average Bonchev–Trinajstić information content (AvgIpc) is 3.00. The molecule has 0 spiro atoms. The molecule has 4 rings (SSSR count). The lowest BCUT2D eigenvalue weighted by Crippen LogP contribution is -2.58. The highest BCUT2D eigenvalue weighted by Crippen LogP contribution is 2.67. The molecule has 0 aromatic heterocycles. The molecule has 2 aromatic carbocycles. The first-order chi connectivity index (χ1) is 15.4. The Balaban J connectivity index is 1.77. The third-order valence-electron chi connectivity index (χ3n) is 6.53. The number of fused-ring (bicyclic) bond motifs is 2. The number of nitriles is 3. The van der Waals surface area contributed by atoms with Gasteiger partial charge in [-0.3, -0.25) is 5.41 Å². The summed E-state index contributed by atoms with van der Waals surface area (Å²) >= 11 is 0. The molecule has 7 heteroatoms. The Morgan fingerprint density at radius 3 is 2.38 bits per heavy atom. The van der Waals surface area contributed by atoms with Crippen molar-refractivity contribution in [1.29, 1.82) is 21.2 Å². The Labute approximate surface area is 186 Å². The predicted molar refractivity (Wildman–Crippen MR) is 114 cm³/mol. The van der Waals surface area contributed by atoms with Gasteiger partial charge in [-0.15, -0.1) is 0 Å². The van der Waals surface area contributed by atoms with Crippen LogP contribution in [0.4, 0.5) is 0 Å². The van der Waals surface area contributed by atoms with Gasteiger partial charge in [-0.25, -0.2) is 0 Å². The summed E-state index contributed by atoms with van der Waals surface area (Å²) in [6.45, 7) is 3.84. The van der Waals surface area contributed by atoms with Crippen LogP contribution in [0.1, 0.15) is 37.5 Å². The second kappa shape index (κ2) is 7.68. The van der Waals surface area contributed by atoms with E-state index in [0.29, 0.717) is 24.3 Å². The molecule has 1 N–H and O–H groups in total. The third-order valence-corrected chi connectivity index (χ3v) is 6.53. The topological polar surface area (TPSA) is 123 Å². The average molecular weight is 426 g/mol. The molecule has 0 radical (unpaired) electrons. The molecular formula is C25H22N4O3. The van der Waals surface area contributed by atoms with Crippen LogP contribution in [0, 0.1) is 56.2 Å². The Morgan fingerprint density at radius 2 is 1.75 bits per heavy atom. The molecule has 4 atom stereocenters. The molecular weight excluding hydrogens is 404 g/mol. The van der Waals surface area contributed by atoms with Gasteiger partial charge in [0.25, 0.3) is 0 Å². The summed E-state index contributed by atoms with van der Waals surface area (Å²) in [6, 6.07) is 22.9. The van der Waals surface area contributed by atoms with Crippen LogP contribution in [0.5, 0.6) is 5.75 Å². The number of hydrogen-bond acceptors (Lipinski definition) is 7. The van der Waals surface area contributed by atoms with Crippen LogP contribution in [-0.4, -0.2) is 11.7 Å². The molecule has 160 valence electrons. The molecule has 2 heterocycles. The van der Waals surface area contributed by atoms with E-state index in [2.05, 4.69) is 18.2 Å². The normalized spacial score (nSPS) is 29.8. The van der Waals surface area contributed by atoms with E-state index in [1.807, 2.05) is 37.3 Å². The molecule has 2 saturated heterocycles. The molecule has 32 heavy (non-hydrogen) atoms. The van der Waals surface area contributed by atoms with Crippen molar-refractivity contribution in [3.05, 3.63) is 65.7 Å². The second-order valence-electron chi connectivity index (χ2n) is 8.20. The van der Waals surface area contributed by atoms with Gasteiger partial charge in [-0.2, -0.15) is 15.8 Å². The molecule has 2 fully saturated rings. The maximum Gasteiger partial charge on any atom is 0.214 e. The maximum atomic E-state index is 10.2. The highest BCUT2D eigenvalue weighted by atomic mass is 16.7. The zero-order chi connectivity index (χ0) is 23.0. The van der Waals surface area contributed by atoms with E-state index in [-0.39, 0.29) is 0 Å². The van der Waals surface area contributed by atoms with Gasteiger partial charge in [-0.05, 0) is 29.7 Å². The van der Waals surface area contributed by atoms with E-state index in [9.17, 15) is 15.8 Å². The zero-order valence-electron chi connectivity index (χ0n) is 17.8. The molecule has 2 aliphatic heterocycles. The van der Waals surface area contributed by atoms with Gasteiger partial charge in [0, 0.05) is 6.92 Å². The van der Waals surface area contributed by atoms with Crippen LogP contribution in [-0.2, 0) is 16.1 Å². The second-order valence-corrected chi connectivity index (χ2v) is 8.20. The standard InChI is InChI=1S/C25H22N4O3/c1-3-20-23(2)31-21(24(14-26,15-27)25(20,16-28)22(29)32-23)18-10-7-11-19(12-18)30-13-17-8-5-4-6-9-17/h4-12,20-21,29H,3,13H2,1-2H3. The van der Waals surface area contributed by atoms with Crippen molar-refractivity contribution in [2.24, 2.45) is 16.7 Å². The fourth-order valence-electron chi connectivity index (χ4n) is 5.03. The van der Waals surface area contributed by atoms with Gasteiger partial charge in [0.15, 0.2) is 5.41 Å². The first-order valence-corrected chi connectivity index (χ1v) is 10.4. The van der Waals surface area contributed by atoms with Crippen molar-refractivity contribution < 1.29 is 14.2 Å². The minimum absolute atomic E-state index is 0.350. The van der Waals surface area contributed by atoms with Crippen molar-refractivity contribution in [3.63, 3.8) is 0 Å². The molecule has 4 unspecified atom stereocenters. The highest BCUT2D eigenvalue weighted by Gasteiger charge is 2.78. The van der Waals surface area contributed by atoms with Gasteiger partial charge >= 0.3 is 0 Å². The van der Waals surface area contributed by atoms with Crippen molar-refractivity contribution in [3.8, 4) is 24.0 Å². The molecule has 0 saturated carbocycles. The van der Waals surface area contributed by atoms with Crippen LogP contribution in [0.2, 0.25) is 0 Å². The maximum absolute atomic E-state index is 10.2. The smallest absolute Gasteiger partial charge is 0.214 e. The molecule has 0 aliphatic carbocycles. The van der Waals surface area contributed by atoms with E-state index >= 15 is 0 Å². The van der Waals surface area contributed by atoms with Crippen LogP contribution in [0.25, 0.3) is 0 Å². The van der Waals surface area contributed by atoms with Crippen molar-refractivity contribution in [1.82, 2.24) is 0 Å². The summed E-state index contributed by atoms with van der Waals surface area (Å²) in [7, 11) is 0. The lowest BCUT2D eigenvalue weighted by Gasteiger charge is -2.48. The SMILES string of the molecule is CCC1C2(C)OC(=N)C1(C#N)C(C#N)(C#N)C(c1cccc(OCc3ccccc3)c1)O2. The molecule has 2 aromatic rings. The fraction of sp³-hybridized carbons (Fsp3) is 0.360. The Hall–Kier alpha value is -3.86. The van der Waals surface area contributed by atoms with Gasteiger partial charge in [0.1, 0.15) is 18.5 Å². The minimum atomic E-state index is -1.96. The molecule has 7 nitrogen and oxygen atoms in total. The van der Waals surface area contributed by atoms with Gasteiger partial charge < -0.3 is 14.2 Å². The van der Waals surface area contributed by atoms with Crippen molar-refractivity contribution >= 4 is 5.90 Å². The number of nitrogens with one attached hydrogen (secondary N) is 1. The summed E-state index contributed by atoms with van der Waals surface area (Å²) in [4.78, 5) is 0. The number of rotatable bonds is 5. The lowest BCUT2D eigenvalue weighted by atomic mass is 9.53. The number of nitrogens with zero attached hydrogens (tertiary/aromatic N) is 3. The largest absolute Gasteiger partial charge is 0.489 e. The summed E-state index contributed by atoms with van der Waals surface area (Å²) < 4.78 is 17.9. The van der Waals surface area contributed by atoms with E-state index in [0.717, 1.165) is 5.56 Å². The van der Waals surface area contributed by atoms with E-state index in [1.54, 1.807) is 31.2 Å². The predicted octanol–water partition coefficient (Wildman–Crippen LogP) is 4.63. The van der Waals surface area contributed by atoms with E-state index < -0.39 is 34.5 Å².